The minimum absolute atomic E-state index is 0.196. The van der Waals surface area contributed by atoms with Crippen molar-refractivity contribution in [2.45, 2.75) is 46.1 Å². The van der Waals surface area contributed by atoms with Crippen LogP contribution < -0.4 is 10.3 Å². The van der Waals surface area contributed by atoms with Gasteiger partial charge in [0.15, 0.2) is 0 Å². The Morgan fingerprint density at radius 1 is 1.21 bits per heavy atom. The number of hydrogen-bond donors (Lipinski definition) is 0. The van der Waals surface area contributed by atoms with Crippen LogP contribution >= 0.6 is 11.3 Å². The maximum absolute atomic E-state index is 12.9. The molecule has 6 nitrogen and oxygen atoms in total. The Morgan fingerprint density at radius 3 is 2.86 bits per heavy atom. The van der Waals surface area contributed by atoms with Gasteiger partial charge in [-0.1, -0.05) is 25.5 Å². The standard InChI is InChI=1S/C22H26N2O4S/c1-3-4-11-28-22(26)18-14-29-20-19(18)21(25)24(15-23-20)10-5-6-12-27-17-9-7-8-16(2)13-17/h7-9,13-15H,3-6,10-12H2,1-2H3. The lowest BCUT2D eigenvalue weighted by atomic mass is 10.2. The highest BCUT2D eigenvalue weighted by Crippen LogP contribution is 2.22. The van der Waals surface area contributed by atoms with E-state index in [1.807, 2.05) is 38.1 Å². The van der Waals surface area contributed by atoms with Gasteiger partial charge in [0.25, 0.3) is 5.56 Å². The number of aryl methyl sites for hydroxylation is 2. The van der Waals surface area contributed by atoms with E-state index >= 15 is 0 Å². The van der Waals surface area contributed by atoms with E-state index in [2.05, 4.69) is 4.98 Å². The molecule has 0 fully saturated rings. The van der Waals surface area contributed by atoms with Gasteiger partial charge in [-0.2, -0.15) is 0 Å². The van der Waals surface area contributed by atoms with E-state index in [1.54, 1.807) is 16.3 Å². The Hall–Kier alpha value is -2.67. The fourth-order valence-electron chi connectivity index (χ4n) is 2.94. The van der Waals surface area contributed by atoms with Crippen LogP contribution in [0.3, 0.4) is 0 Å². The molecule has 0 N–H and O–H groups in total. The number of esters is 1. The van der Waals surface area contributed by atoms with Crippen LogP contribution in [0.4, 0.5) is 0 Å². The SMILES string of the molecule is CCCCOC(=O)c1csc2ncn(CCCCOc3cccc(C)c3)c(=O)c12. The highest BCUT2D eigenvalue weighted by atomic mass is 32.1. The number of hydrogen-bond acceptors (Lipinski definition) is 6. The second-order valence-corrected chi connectivity index (χ2v) is 7.79. The number of unbranched alkanes of at least 4 members (excludes halogenated alkanes) is 2. The van der Waals surface area contributed by atoms with Crippen LogP contribution in [0, 0.1) is 6.92 Å². The maximum Gasteiger partial charge on any atom is 0.339 e. The lowest BCUT2D eigenvalue weighted by Gasteiger charge is -2.08. The number of nitrogens with zero attached hydrogens (tertiary/aromatic N) is 2. The van der Waals surface area contributed by atoms with Gasteiger partial charge in [-0.25, -0.2) is 9.78 Å². The van der Waals surface area contributed by atoms with Crippen LogP contribution in [0.15, 0.2) is 40.8 Å². The molecule has 154 valence electrons. The predicted octanol–water partition coefficient (Wildman–Crippen LogP) is 4.58. The van der Waals surface area contributed by atoms with Crippen molar-refractivity contribution in [1.82, 2.24) is 9.55 Å². The molecule has 0 aliphatic carbocycles. The van der Waals surface area contributed by atoms with Crippen molar-refractivity contribution in [1.29, 1.82) is 0 Å². The third-order valence-electron chi connectivity index (χ3n) is 4.56. The topological polar surface area (TPSA) is 70.4 Å². The van der Waals surface area contributed by atoms with Gasteiger partial charge in [0.05, 0.1) is 30.5 Å². The minimum atomic E-state index is -0.451. The van der Waals surface area contributed by atoms with Crippen LogP contribution in [0.25, 0.3) is 10.2 Å². The summed E-state index contributed by atoms with van der Waals surface area (Å²) in [6, 6.07) is 7.94. The molecule has 0 atom stereocenters. The van der Waals surface area contributed by atoms with Crippen LogP contribution in [-0.4, -0.2) is 28.7 Å². The van der Waals surface area contributed by atoms with Gasteiger partial charge in [-0.05, 0) is 43.9 Å². The molecule has 0 aliphatic heterocycles. The largest absolute Gasteiger partial charge is 0.494 e. The van der Waals surface area contributed by atoms with Crippen molar-refractivity contribution in [2.24, 2.45) is 0 Å². The molecule has 0 spiro atoms. The zero-order chi connectivity index (χ0) is 20.6. The van der Waals surface area contributed by atoms with Crippen molar-refractivity contribution in [3.05, 3.63) is 57.5 Å². The minimum Gasteiger partial charge on any atom is -0.494 e. The van der Waals surface area contributed by atoms with E-state index in [4.69, 9.17) is 9.47 Å². The number of rotatable bonds is 10. The summed E-state index contributed by atoms with van der Waals surface area (Å²) in [4.78, 5) is 30.1. The fourth-order valence-corrected chi connectivity index (χ4v) is 3.81. The number of carbonyl (C=O) groups is 1. The number of carbonyl (C=O) groups excluding carboxylic acids is 1. The molecular weight excluding hydrogens is 388 g/mol. The molecule has 1 aromatic carbocycles. The van der Waals surface area contributed by atoms with Gasteiger partial charge in [-0.3, -0.25) is 9.36 Å². The summed E-state index contributed by atoms with van der Waals surface area (Å²) in [7, 11) is 0. The van der Waals surface area contributed by atoms with Crippen molar-refractivity contribution in [3.8, 4) is 5.75 Å². The third kappa shape index (κ3) is 5.44. The quantitative estimate of drug-likeness (QED) is 0.359. The zero-order valence-corrected chi connectivity index (χ0v) is 17.7. The van der Waals surface area contributed by atoms with E-state index in [0.717, 1.165) is 37.0 Å². The summed E-state index contributed by atoms with van der Waals surface area (Å²) in [5, 5.41) is 2.02. The number of aromatic nitrogens is 2. The Kier molecular flexibility index (Phi) is 7.41. The van der Waals surface area contributed by atoms with Crippen LogP contribution in [0.2, 0.25) is 0 Å². The smallest absolute Gasteiger partial charge is 0.339 e. The van der Waals surface area contributed by atoms with E-state index in [1.165, 1.54) is 11.3 Å². The van der Waals surface area contributed by atoms with Gasteiger partial charge < -0.3 is 9.47 Å². The Balaban J connectivity index is 1.59. The maximum atomic E-state index is 12.9. The molecule has 3 aromatic rings. The average Bonchev–Trinajstić information content (AvgIpc) is 3.14. The van der Waals surface area contributed by atoms with E-state index in [-0.39, 0.29) is 5.56 Å². The summed E-state index contributed by atoms with van der Waals surface area (Å²) in [5.41, 5.74) is 1.28. The molecule has 0 unspecified atom stereocenters. The second kappa shape index (κ2) is 10.2. The molecule has 29 heavy (non-hydrogen) atoms. The Bertz CT molecular complexity index is 1030. The molecule has 2 heterocycles. The van der Waals surface area contributed by atoms with Crippen LogP contribution in [0.1, 0.15) is 48.5 Å². The molecule has 0 saturated carbocycles. The highest BCUT2D eigenvalue weighted by Gasteiger charge is 2.18. The summed E-state index contributed by atoms with van der Waals surface area (Å²) in [6.07, 6.45) is 4.89. The number of fused-ring (bicyclic) bond motifs is 1. The van der Waals surface area contributed by atoms with Gasteiger partial charge in [0.2, 0.25) is 0 Å². The fraction of sp³-hybridized carbons (Fsp3) is 0.409. The predicted molar refractivity (Wildman–Crippen MR) is 115 cm³/mol. The molecule has 0 radical (unpaired) electrons. The van der Waals surface area contributed by atoms with Crippen molar-refractivity contribution < 1.29 is 14.3 Å². The summed E-state index contributed by atoms with van der Waals surface area (Å²) >= 11 is 1.29. The summed E-state index contributed by atoms with van der Waals surface area (Å²) in [5.74, 6) is 0.405. The van der Waals surface area contributed by atoms with E-state index < -0.39 is 5.97 Å². The molecule has 2 aromatic heterocycles. The van der Waals surface area contributed by atoms with Crippen LogP contribution in [0.5, 0.6) is 5.75 Å². The molecular formula is C22H26N2O4S. The molecule has 0 amide bonds. The molecule has 0 bridgehead atoms. The Morgan fingerprint density at radius 2 is 2.07 bits per heavy atom. The number of ether oxygens (including phenoxy) is 2. The van der Waals surface area contributed by atoms with Crippen molar-refractivity contribution in [3.63, 3.8) is 0 Å². The first kappa shape index (κ1) is 21.0. The first-order valence-corrected chi connectivity index (χ1v) is 10.8. The van der Waals surface area contributed by atoms with Gasteiger partial charge in [0.1, 0.15) is 10.6 Å². The highest BCUT2D eigenvalue weighted by molar-refractivity contribution is 7.17. The number of thiophene rings is 1. The van der Waals surface area contributed by atoms with Crippen molar-refractivity contribution >= 4 is 27.5 Å². The van der Waals surface area contributed by atoms with Crippen LogP contribution in [-0.2, 0) is 11.3 Å². The molecule has 0 aliphatic rings. The number of benzene rings is 1. The third-order valence-corrected chi connectivity index (χ3v) is 5.45. The lowest BCUT2D eigenvalue weighted by Crippen LogP contribution is -2.22. The van der Waals surface area contributed by atoms with Gasteiger partial charge >= 0.3 is 5.97 Å². The Labute approximate surface area is 174 Å². The molecule has 3 rings (SSSR count). The first-order chi connectivity index (χ1) is 14.1. The van der Waals surface area contributed by atoms with E-state index in [0.29, 0.717) is 35.5 Å². The lowest BCUT2D eigenvalue weighted by molar-refractivity contribution is 0.0502. The zero-order valence-electron chi connectivity index (χ0n) is 16.8. The van der Waals surface area contributed by atoms with Gasteiger partial charge in [-0.15, -0.1) is 11.3 Å². The molecule has 7 heteroatoms. The average molecular weight is 415 g/mol. The monoisotopic (exact) mass is 414 g/mol. The summed E-state index contributed by atoms with van der Waals surface area (Å²) in [6.45, 7) is 5.53. The summed E-state index contributed by atoms with van der Waals surface area (Å²) < 4.78 is 12.6. The van der Waals surface area contributed by atoms with Crippen molar-refractivity contribution in [2.75, 3.05) is 13.2 Å². The van der Waals surface area contributed by atoms with E-state index in [9.17, 15) is 9.59 Å². The normalized spacial score (nSPS) is 11.0. The molecule has 0 saturated heterocycles. The van der Waals surface area contributed by atoms with Gasteiger partial charge in [0, 0.05) is 11.9 Å². The second-order valence-electron chi connectivity index (χ2n) is 6.93. The first-order valence-electron chi connectivity index (χ1n) is 9.93.